The molecule has 3 aromatic rings. The van der Waals surface area contributed by atoms with E-state index in [1.807, 2.05) is 11.1 Å². The van der Waals surface area contributed by atoms with Crippen LogP contribution in [0.3, 0.4) is 0 Å². The normalized spacial score (nSPS) is 10.8. The first-order valence-electron chi connectivity index (χ1n) is 5.53. The van der Waals surface area contributed by atoms with Crippen molar-refractivity contribution < 1.29 is 4.42 Å². The zero-order chi connectivity index (χ0) is 14.1. The fourth-order valence-corrected chi connectivity index (χ4v) is 2.38. The van der Waals surface area contributed by atoms with Gasteiger partial charge in [-0.3, -0.25) is 9.78 Å². The minimum Gasteiger partial charge on any atom is -0.422 e. The molecule has 20 heavy (non-hydrogen) atoms. The number of benzene rings is 1. The van der Waals surface area contributed by atoms with E-state index in [1.165, 1.54) is 0 Å². The summed E-state index contributed by atoms with van der Waals surface area (Å²) in [6.45, 7) is 0. The zero-order valence-corrected chi connectivity index (χ0v) is 10.7. The van der Waals surface area contributed by atoms with E-state index in [2.05, 4.69) is 10.2 Å². The van der Waals surface area contributed by atoms with Crippen LogP contribution in [0.25, 0.3) is 11.0 Å². The van der Waals surface area contributed by atoms with E-state index in [0.717, 1.165) is 17.1 Å². The maximum atomic E-state index is 11.8. The van der Waals surface area contributed by atoms with Gasteiger partial charge in [0.15, 0.2) is 5.03 Å². The third-order valence-electron chi connectivity index (χ3n) is 2.50. The molecule has 0 fully saturated rings. The van der Waals surface area contributed by atoms with E-state index in [4.69, 9.17) is 4.42 Å². The van der Waals surface area contributed by atoms with Gasteiger partial charge in [-0.2, -0.15) is 5.10 Å². The Balaban J connectivity index is 2.10. The van der Waals surface area contributed by atoms with Crippen LogP contribution >= 0.6 is 11.8 Å². The highest BCUT2D eigenvalue weighted by Gasteiger charge is 2.11. The number of rotatable bonds is 2. The summed E-state index contributed by atoms with van der Waals surface area (Å²) < 4.78 is 5.14. The highest BCUT2D eigenvalue weighted by molar-refractivity contribution is 7.99. The van der Waals surface area contributed by atoms with E-state index in [0.29, 0.717) is 5.58 Å². The lowest BCUT2D eigenvalue weighted by molar-refractivity contribution is 0.543. The Labute approximate surface area is 114 Å². The minimum absolute atomic E-state index is 0.0350. The molecule has 7 nitrogen and oxygen atoms in total. The van der Waals surface area contributed by atoms with Gasteiger partial charge in [-0.25, -0.2) is 14.7 Å². The second kappa shape index (κ2) is 4.82. The SMILES string of the molecule is O=c1[nH]nc(Sc2cc3ccccc3oc2=O)c(=O)[nH]1. The maximum Gasteiger partial charge on any atom is 0.350 e. The monoisotopic (exact) mass is 289 g/mol. The van der Waals surface area contributed by atoms with Crippen LogP contribution in [0.4, 0.5) is 0 Å². The summed E-state index contributed by atoms with van der Waals surface area (Å²) in [7, 11) is 0. The Morgan fingerprint density at radius 1 is 1.15 bits per heavy atom. The summed E-state index contributed by atoms with van der Waals surface area (Å²) in [6.07, 6.45) is 0. The molecule has 0 spiro atoms. The fourth-order valence-electron chi connectivity index (χ4n) is 1.62. The molecule has 0 atom stereocenters. The number of aromatic nitrogens is 3. The highest BCUT2D eigenvalue weighted by Crippen LogP contribution is 2.23. The molecule has 0 aliphatic heterocycles. The summed E-state index contributed by atoms with van der Waals surface area (Å²) >= 11 is 0.833. The fraction of sp³-hybridized carbons (Fsp3) is 0. The first kappa shape index (κ1) is 12.4. The van der Waals surface area contributed by atoms with Gasteiger partial charge in [0, 0.05) is 5.39 Å². The summed E-state index contributed by atoms with van der Waals surface area (Å²) in [5.41, 5.74) is -1.47. The van der Waals surface area contributed by atoms with E-state index in [9.17, 15) is 14.4 Å². The van der Waals surface area contributed by atoms with Crippen molar-refractivity contribution in [2.24, 2.45) is 0 Å². The van der Waals surface area contributed by atoms with Crippen LogP contribution in [0.15, 0.2) is 59.1 Å². The number of fused-ring (bicyclic) bond motifs is 1. The van der Waals surface area contributed by atoms with Gasteiger partial charge in [0.1, 0.15) is 10.5 Å². The predicted octanol–water partition coefficient (Wildman–Crippen LogP) is 0.716. The van der Waals surface area contributed by atoms with Crippen molar-refractivity contribution in [3.8, 4) is 0 Å². The smallest absolute Gasteiger partial charge is 0.350 e. The minimum atomic E-state index is -0.704. The second-order valence-electron chi connectivity index (χ2n) is 3.85. The van der Waals surface area contributed by atoms with E-state index < -0.39 is 16.9 Å². The van der Waals surface area contributed by atoms with E-state index in [-0.39, 0.29) is 9.92 Å². The molecule has 1 aromatic carbocycles. The largest absolute Gasteiger partial charge is 0.422 e. The molecule has 0 aliphatic rings. The number of H-pyrrole nitrogens is 2. The Kier molecular flexibility index (Phi) is 2.99. The lowest BCUT2D eigenvalue weighted by Crippen LogP contribution is -2.25. The first-order chi connectivity index (χ1) is 9.63. The van der Waals surface area contributed by atoms with E-state index in [1.54, 1.807) is 24.3 Å². The molecule has 2 heterocycles. The van der Waals surface area contributed by atoms with Crippen molar-refractivity contribution in [2.45, 2.75) is 9.92 Å². The predicted molar refractivity (Wildman–Crippen MR) is 72.1 cm³/mol. The van der Waals surface area contributed by atoms with Crippen molar-refractivity contribution in [3.05, 3.63) is 61.6 Å². The molecule has 3 rings (SSSR count). The molecule has 0 unspecified atom stereocenters. The number of nitrogens with one attached hydrogen (secondary N) is 2. The number of hydrogen-bond donors (Lipinski definition) is 2. The van der Waals surface area contributed by atoms with Crippen LogP contribution in [0.1, 0.15) is 0 Å². The Bertz CT molecular complexity index is 957. The van der Waals surface area contributed by atoms with Crippen molar-refractivity contribution in [2.75, 3.05) is 0 Å². The highest BCUT2D eigenvalue weighted by atomic mass is 32.2. The molecule has 8 heteroatoms. The van der Waals surface area contributed by atoms with Gasteiger partial charge in [-0.05, 0) is 12.1 Å². The van der Waals surface area contributed by atoms with E-state index >= 15 is 0 Å². The van der Waals surface area contributed by atoms with Crippen LogP contribution in [-0.2, 0) is 0 Å². The molecular weight excluding hydrogens is 282 g/mol. The molecule has 0 amide bonds. The summed E-state index contributed by atoms with van der Waals surface area (Å²) in [5, 5.41) is 6.40. The molecule has 0 bridgehead atoms. The number of nitrogens with zero attached hydrogens (tertiary/aromatic N) is 1. The van der Waals surface area contributed by atoms with Gasteiger partial charge >= 0.3 is 11.3 Å². The lowest BCUT2D eigenvalue weighted by Gasteiger charge is -2.00. The van der Waals surface area contributed by atoms with Gasteiger partial charge in [0.25, 0.3) is 5.56 Å². The van der Waals surface area contributed by atoms with Gasteiger partial charge in [0.2, 0.25) is 0 Å². The Morgan fingerprint density at radius 3 is 2.75 bits per heavy atom. The van der Waals surface area contributed by atoms with Crippen molar-refractivity contribution >= 4 is 22.7 Å². The van der Waals surface area contributed by atoms with Crippen LogP contribution in [0.5, 0.6) is 0 Å². The molecule has 0 saturated carbocycles. The molecule has 2 N–H and O–H groups in total. The summed E-state index contributed by atoms with van der Waals surface area (Å²) in [5.74, 6) is 0. The van der Waals surface area contributed by atoms with Crippen LogP contribution < -0.4 is 16.9 Å². The van der Waals surface area contributed by atoms with Crippen LogP contribution in [0.2, 0.25) is 0 Å². The third-order valence-corrected chi connectivity index (χ3v) is 3.47. The molecule has 0 aliphatic carbocycles. The lowest BCUT2D eigenvalue weighted by atomic mass is 10.2. The second-order valence-corrected chi connectivity index (χ2v) is 4.88. The van der Waals surface area contributed by atoms with Crippen LogP contribution in [0, 0.1) is 0 Å². The quantitative estimate of drug-likeness (QED) is 0.673. The molecular formula is C12H7N3O4S. The molecule has 0 radical (unpaired) electrons. The molecule has 100 valence electrons. The Hall–Kier alpha value is -2.61. The maximum absolute atomic E-state index is 11.8. The van der Waals surface area contributed by atoms with Crippen molar-refractivity contribution in [1.82, 2.24) is 15.2 Å². The molecule has 2 aromatic heterocycles. The average molecular weight is 289 g/mol. The molecule has 0 saturated heterocycles. The standard InChI is InChI=1S/C12H7N3O4S/c16-9-10(14-15-12(18)13-9)20-8-5-6-3-1-2-4-7(6)19-11(8)17/h1-5H,(H2,13,15,16,18). The first-order valence-corrected chi connectivity index (χ1v) is 6.35. The van der Waals surface area contributed by atoms with Crippen LogP contribution in [-0.4, -0.2) is 15.2 Å². The average Bonchev–Trinajstić information content (AvgIpc) is 2.42. The van der Waals surface area contributed by atoms with Gasteiger partial charge in [-0.1, -0.05) is 30.0 Å². The third kappa shape index (κ3) is 2.28. The van der Waals surface area contributed by atoms with Crippen molar-refractivity contribution in [1.29, 1.82) is 0 Å². The van der Waals surface area contributed by atoms with Gasteiger partial charge in [0.05, 0.1) is 0 Å². The van der Waals surface area contributed by atoms with Crippen molar-refractivity contribution in [3.63, 3.8) is 0 Å². The summed E-state index contributed by atoms with van der Waals surface area (Å²) in [4.78, 5) is 36.5. The van der Waals surface area contributed by atoms with Gasteiger partial charge < -0.3 is 4.42 Å². The number of aromatic amines is 2. The summed E-state index contributed by atoms with van der Waals surface area (Å²) in [6, 6.07) is 8.63. The number of para-hydroxylation sites is 1. The zero-order valence-electron chi connectivity index (χ0n) is 9.88. The van der Waals surface area contributed by atoms with Gasteiger partial charge in [-0.15, -0.1) is 0 Å². The topological polar surface area (TPSA) is 109 Å². The number of hydrogen-bond acceptors (Lipinski definition) is 6. The Morgan fingerprint density at radius 2 is 1.95 bits per heavy atom.